The molecule has 0 fully saturated rings. The second kappa shape index (κ2) is 7.51. The highest BCUT2D eigenvalue weighted by molar-refractivity contribution is 6.01. The molecular weight excluding hydrogens is 312 g/mol. The van der Waals surface area contributed by atoms with Crippen molar-refractivity contribution in [1.82, 2.24) is 4.90 Å². The van der Waals surface area contributed by atoms with Gasteiger partial charge in [-0.25, -0.2) is 0 Å². The zero-order valence-electron chi connectivity index (χ0n) is 15.0. The molecule has 1 amide bonds. The van der Waals surface area contributed by atoms with E-state index < -0.39 is 0 Å². The fourth-order valence-corrected chi connectivity index (χ4v) is 2.92. The summed E-state index contributed by atoms with van der Waals surface area (Å²) in [5, 5.41) is 4.23. The Morgan fingerprint density at radius 2 is 1.68 bits per heavy atom. The van der Waals surface area contributed by atoms with Crippen molar-refractivity contribution in [2.75, 3.05) is 13.1 Å². The average Bonchev–Trinajstić information content (AvgIpc) is 3.09. The van der Waals surface area contributed by atoms with Crippen LogP contribution < -0.4 is 0 Å². The zero-order chi connectivity index (χ0) is 17.8. The van der Waals surface area contributed by atoms with Crippen LogP contribution in [0.25, 0.3) is 0 Å². The summed E-state index contributed by atoms with van der Waals surface area (Å²) < 4.78 is 0. The van der Waals surface area contributed by atoms with Gasteiger partial charge in [-0.3, -0.25) is 4.79 Å². The summed E-state index contributed by atoms with van der Waals surface area (Å²) in [4.78, 5) is 20.1. The van der Waals surface area contributed by atoms with Crippen LogP contribution in [0.2, 0.25) is 0 Å². The summed E-state index contributed by atoms with van der Waals surface area (Å²) in [6, 6.07) is 16.0. The lowest BCUT2D eigenvalue weighted by molar-refractivity contribution is 0.0436. The lowest BCUT2D eigenvalue weighted by Crippen LogP contribution is -2.37. The maximum Gasteiger partial charge on any atom is 0.253 e. The van der Waals surface area contributed by atoms with Crippen LogP contribution in [0.3, 0.4) is 0 Å². The van der Waals surface area contributed by atoms with Crippen molar-refractivity contribution >= 4 is 11.6 Å². The number of likely N-dealkylation sites (N-methyl/N-ethyl adjacent to an activating group) is 1. The molecule has 0 spiro atoms. The Bertz CT molecular complexity index is 763. The molecular formula is C21H24N2O2. The van der Waals surface area contributed by atoms with E-state index >= 15 is 0 Å². The maximum absolute atomic E-state index is 12.7. The Morgan fingerprint density at radius 1 is 1.08 bits per heavy atom. The number of aryl methyl sites for hydroxylation is 2. The second-order valence-corrected chi connectivity index (χ2v) is 6.55. The number of nitrogens with zero attached hydrogens (tertiary/aromatic N) is 2. The van der Waals surface area contributed by atoms with Crippen molar-refractivity contribution in [3.63, 3.8) is 0 Å². The van der Waals surface area contributed by atoms with E-state index in [4.69, 9.17) is 4.84 Å². The minimum atomic E-state index is -0.0920. The Labute approximate surface area is 149 Å². The topological polar surface area (TPSA) is 41.9 Å². The van der Waals surface area contributed by atoms with Gasteiger partial charge in [0.05, 0.1) is 12.3 Å². The highest BCUT2D eigenvalue weighted by Gasteiger charge is 2.26. The lowest BCUT2D eigenvalue weighted by atomic mass is 10.0. The van der Waals surface area contributed by atoms with Gasteiger partial charge < -0.3 is 9.74 Å². The van der Waals surface area contributed by atoms with Gasteiger partial charge in [0.25, 0.3) is 5.91 Å². The molecule has 3 rings (SSSR count). The van der Waals surface area contributed by atoms with Crippen molar-refractivity contribution in [1.29, 1.82) is 0 Å². The van der Waals surface area contributed by atoms with Crippen molar-refractivity contribution in [2.45, 2.75) is 33.3 Å². The SMILES string of the molecule is CCN(CC1CC(c2ccc(C)cc2)=NO1)C(=O)c1ccc(C)cc1. The van der Waals surface area contributed by atoms with E-state index in [1.807, 2.05) is 43.0 Å². The fraction of sp³-hybridized carbons (Fsp3) is 0.333. The van der Waals surface area contributed by atoms with E-state index in [0.717, 1.165) is 23.3 Å². The lowest BCUT2D eigenvalue weighted by Gasteiger charge is -2.23. The van der Waals surface area contributed by atoms with E-state index in [-0.39, 0.29) is 12.0 Å². The third kappa shape index (κ3) is 4.08. The summed E-state index contributed by atoms with van der Waals surface area (Å²) in [6.07, 6.45) is 0.631. The van der Waals surface area contributed by atoms with Crippen LogP contribution in [-0.4, -0.2) is 35.7 Å². The molecule has 1 unspecified atom stereocenters. The standard InChI is InChI=1S/C21H24N2O2/c1-4-23(21(24)18-11-7-16(3)8-12-18)14-19-13-20(22-25-19)17-9-5-15(2)6-10-17/h5-12,19H,4,13-14H2,1-3H3. The Morgan fingerprint density at radius 3 is 2.28 bits per heavy atom. The van der Waals surface area contributed by atoms with Gasteiger partial charge in [-0.1, -0.05) is 52.7 Å². The molecule has 4 heteroatoms. The number of amides is 1. The van der Waals surface area contributed by atoms with E-state index in [9.17, 15) is 4.79 Å². The first-order valence-corrected chi connectivity index (χ1v) is 8.72. The molecule has 0 aromatic heterocycles. The number of hydrogen-bond acceptors (Lipinski definition) is 3. The second-order valence-electron chi connectivity index (χ2n) is 6.55. The van der Waals surface area contributed by atoms with Gasteiger partial charge in [0.15, 0.2) is 6.10 Å². The number of benzene rings is 2. The van der Waals surface area contributed by atoms with Crippen LogP contribution in [0.1, 0.15) is 40.4 Å². The third-order valence-corrected chi connectivity index (χ3v) is 4.51. The van der Waals surface area contributed by atoms with E-state index in [1.54, 1.807) is 0 Å². The van der Waals surface area contributed by atoms with Gasteiger partial charge in [-0.05, 0) is 38.5 Å². The fourth-order valence-electron chi connectivity index (χ4n) is 2.92. The Kier molecular flexibility index (Phi) is 5.17. The van der Waals surface area contributed by atoms with Crippen LogP contribution >= 0.6 is 0 Å². The molecule has 1 heterocycles. The van der Waals surface area contributed by atoms with E-state index in [2.05, 4.69) is 36.3 Å². The molecule has 2 aromatic rings. The van der Waals surface area contributed by atoms with Gasteiger partial charge in [-0.15, -0.1) is 0 Å². The van der Waals surface area contributed by atoms with Crippen LogP contribution in [0.15, 0.2) is 53.7 Å². The first-order valence-electron chi connectivity index (χ1n) is 8.72. The van der Waals surface area contributed by atoms with Gasteiger partial charge in [0, 0.05) is 18.5 Å². The molecule has 130 valence electrons. The van der Waals surface area contributed by atoms with Gasteiger partial charge in [0.2, 0.25) is 0 Å². The monoisotopic (exact) mass is 336 g/mol. The summed E-state index contributed by atoms with van der Waals surface area (Å²) in [5.74, 6) is 0.0369. The Balaban J connectivity index is 1.62. The summed E-state index contributed by atoms with van der Waals surface area (Å²) in [6.45, 7) is 7.26. The molecule has 4 nitrogen and oxygen atoms in total. The molecule has 0 aliphatic carbocycles. The number of hydrogen-bond donors (Lipinski definition) is 0. The molecule has 0 N–H and O–H groups in total. The Hall–Kier alpha value is -2.62. The first-order chi connectivity index (χ1) is 12.1. The van der Waals surface area contributed by atoms with Crippen LogP contribution in [0.5, 0.6) is 0 Å². The predicted molar refractivity (Wildman–Crippen MR) is 100.0 cm³/mol. The maximum atomic E-state index is 12.7. The predicted octanol–water partition coefficient (Wildman–Crippen LogP) is 3.96. The van der Waals surface area contributed by atoms with Crippen molar-refractivity contribution < 1.29 is 9.63 Å². The summed E-state index contributed by atoms with van der Waals surface area (Å²) in [7, 11) is 0. The van der Waals surface area contributed by atoms with E-state index in [0.29, 0.717) is 18.7 Å². The van der Waals surface area contributed by atoms with E-state index in [1.165, 1.54) is 5.56 Å². The minimum absolute atomic E-state index is 0.0369. The first kappa shape index (κ1) is 17.2. The van der Waals surface area contributed by atoms with Crippen molar-refractivity contribution in [3.05, 3.63) is 70.8 Å². The van der Waals surface area contributed by atoms with Crippen LogP contribution in [0.4, 0.5) is 0 Å². The molecule has 1 aliphatic heterocycles. The molecule has 0 saturated carbocycles. The summed E-state index contributed by atoms with van der Waals surface area (Å²) in [5.41, 5.74) is 5.12. The van der Waals surface area contributed by atoms with Crippen molar-refractivity contribution in [2.24, 2.45) is 5.16 Å². The molecule has 2 aromatic carbocycles. The van der Waals surface area contributed by atoms with Gasteiger partial charge in [0.1, 0.15) is 0 Å². The third-order valence-electron chi connectivity index (χ3n) is 4.51. The normalized spacial score (nSPS) is 16.3. The van der Waals surface area contributed by atoms with Gasteiger partial charge in [-0.2, -0.15) is 0 Å². The molecule has 25 heavy (non-hydrogen) atoms. The van der Waals surface area contributed by atoms with Gasteiger partial charge >= 0.3 is 0 Å². The molecule has 1 atom stereocenters. The van der Waals surface area contributed by atoms with Crippen molar-refractivity contribution in [3.8, 4) is 0 Å². The number of oxime groups is 1. The average molecular weight is 336 g/mol. The summed E-state index contributed by atoms with van der Waals surface area (Å²) >= 11 is 0. The minimum Gasteiger partial charge on any atom is -0.390 e. The van der Waals surface area contributed by atoms with Crippen LogP contribution in [-0.2, 0) is 4.84 Å². The highest BCUT2D eigenvalue weighted by atomic mass is 16.6. The molecule has 0 radical (unpaired) electrons. The molecule has 0 bridgehead atoms. The number of rotatable bonds is 5. The molecule has 1 aliphatic rings. The number of carbonyl (C=O) groups is 1. The molecule has 0 saturated heterocycles. The quantitative estimate of drug-likeness (QED) is 0.829. The largest absolute Gasteiger partial charge is 0.390 e. The van der Waals surface area contributed by atoms with Crippen LogP contribution in [0, 0.1) is 13.8 Å². The zero-order valence-corrected chi connectivity index (χ0v) is 15.0. The number of carbonyl (C=O) groups excluding carboxylic acids is 1. The smallest absolute Gasteiger partial charge is 0.253 e. The highest BCUT2D eigenvalue weighted by Crippen LogP contribution is 2.19.